The number of nitrogen functional groups attached to an aromatic ring is 1. The quantitative estimate of drug-likeness (QED) is 0.527. The number of hydrogen-bond acceptors (Lipinski definition) is 4. The first-order valence-electron chi connectivity index (χ1n) is 8.67. The number of nitrogens with zero attached hydrogens (tertiary/aromatic N) is 1. The Hall–Kier alpha value is -3.18. The summed E-state index contributed by atoms with van der Waals surface area (Å²) in [6.07, 6.45) is 2.09. The van der Waals surface area contributed by atoms with E-state index in [4.69, 9.17) is 5.73 Å². The minimum atomic E-state index is -0.0252. The number of hydrogen-bond donors (Lipinski definition) is 2. The summed E-state index contributed by atoms with van der Waals surface area (Å²) >= 11 is 1.65. The van der Waals surface area contributed by atoms with Gasteiger partial charge in [0, 0.05) is 27.5 Å². The number of nitrogens with one attached hydrogen (secondary N) is 1. The van der Waals surface area contributed by atoms with Crippen LogP contribution in [0.1, 0.15) is 11.1 Å². The highest BCUT2D eigenvalue weighted by atomic mass is 32.1. The van der Waals surface area contributed by atoms with Crippen LogP contribution in [0.5, 0.6) is 0 Å². The number of nitrogens with two attached hydrogens (primary N) is 1. The second kappa shape index (κ2) is 7.21. The molecule has 1 amide bonds. The van der Waals surface area contributed by atoms with Gasteiger partial charge in [-0.3, -0.25) is 4.79 Å². The van der Waals surface area contributed by atoms with Gasteiger partial charge in [0.05, 0.1) is 6.42 Å². The van der Waals surface area contributed by atoms with Crippen molar-refractivity contribution in [1.29, 1.82) is 0 Å². The van der Waals surface area contributed by atoms with Crippen molar-refractivity contribution in [3.63, 3.8) is 0 Å². The van der Waals surface area contributed by atoms with Gasteiger partial charge in [-0.2, -0.15) is 0 Å². The van der Waals surface area contributed by atoms with Crippen molar-refractivity contribution >= 4 is 38.8 Å². The monoisotopic (exact) mass is 373 g/mol. The summed E-state index contributed by atoms with van der Waals surface area (Å²) in [5, 5.41) is 6.03. The minimum absolute atomic E-state index is 0.0252. The van der Waals surface area contributed by atoms with Gasteiger partial charge in [0.25, 0.3) is 0 Å². The fourth-order valence-corrected chi connectivity index (χ4v) is 4.14. The molecule has 0 spiro atoms. The maximum absolute atomic E-state index is 12.3. The molecule has 2 aromatic heterocycles. The van der Waals surface area contributed by atoms with E-state index in [0.717, 1.165) is 38.0 Å². The molecule has 4 aromatic rings. The Balaban J connectivity index is 1.51. The molecule has 0 fully saturated rings. The third-order valence-corrected chi connectivity index (χ3v) is 5.39. The number of amides is 1. The molecule has 3 N–H and O–H groups in total. The molecule has 0 aliphatic rings. The van der Waals surface area contributed by atoms with Crippen molar-refractivity contribution in [1.82, 2.24) is 4.98 Å². The smallest absolute Gasteiger partial charge is 0.228 e. The largest absolute Gasteiger partial charge is 0.383 e. The number of aromatic nitrogens is 1. The van der Waals surface area contributed by atoms with Gasteiger partial charge in [-0.05, 0) is 41.6 Å². The summed E-state index contributed by atoms with van der Waals surface area (Å²) in [6.45, 7) is 2.02. The SMILES string of the molecule is Cc1cccc(CC(=O)Nc2ccc(-c3csc4ccnc(N)c34)cc2)c1. The number of carbonyl (C=O) groups excluding carboxylic acids is 1. The van der Waals surface area contributed by atoms with Crippen molar-refractivity contribution in [2.24, 2.45) is 0 Å². The first kappa shape index (κ1) is 17.2. The average molecular weight is 373 g/mol. The molecular weight excluding hydrogens is 354 g/mol. The predicted octanol–water partition coefficient (Wildman–Crippen LogP) is 5.04. The molecule has 0 aliphatic carbocycles. The second-order valence-corrected chi connectivity index (χ2v) is 7.42. The van der Waals surface area contributed by atoms with E-state index in [0.29, 0.717) is 12.2 Å². The van der Waals surface area contributed by atoms with Crippen molar-refractivity contribution in [3.05, 3.63) is 77.3 Å². The van der Waals surface area contributed by atoms with E-state index in [1.165, 1.54) is 0 Å². The number of pyridine rings is 1. The van der Waals surface area contributed by atoms with Crippen LogP contribution in [0.3, 0.4) is 0 Å². The van der Waals surface area contributed by atoms with Gasteiger partial charge in [0.2, 0.25) is 5.91 Å². The predicted molar refractivity (Wildman–Crippen MR) is 113 cm³/mol. The van der Waals surface area contributed by atoms with Crippen LogP contribution >= 0.6 is 11.3 Å². The Morgan fingerprint density at radius 2 is 1.96 bits per heavy atom. The molecule has 0 aliphatic heterocycles. The van der Waals surface area contributed by atoms with Crippen LogP contribution in [-0.4, -0.2) is 10.9 Å². The Bertz CT molecular complexity index is 1120. The molecule has 27 heavy (non-hydrogen) atoms. The molecular formula is C22H19N3OS. The van der Waals surface area contributed by atoms with Gasteiger partial charge in [0.1, 0.15) is 5.82 Å². The fourth-order valence-electron chi connectivity index (χ4n) is 3.17. The summed E-state index contributed by atoms with van der Waals surface area (Å²) in [7, 11) is 0. The van der Waals surface area contributed by atoms with Gasteiger partial charge in [-0.15, -0.1) is 11.3 Å². The molecule has 0 radical (unpaired) electrons. The van der Waals surface area contributed by atoms with Gasteiger partial charge < -0.3 is 11.1 Å². The lowest BCUT2D eigenvalue weighted by Crippen LogP contribution is -2.14. The minimum Gasteiger partial charge on any atom is -0.383 e. The Morgan fingerprint density at radius 3 is 2.74 bits per heavy atom. The molecule has 0 saturated heterocycles. The number of rotatable bonds is 4. The number of fused-ring (bicyclic) bond motifs is 1. The molecule has 4 nitrogen and oxygen atoms in total. The number of anilines is 2. The molecule has 0 atom stereocenters. The summed E-state index contributed by atoms with van der Waals surface area (Å²) in [4.78, 5) is 16.5. The lowest BCUT2D eigenvalue weighted by Gasteiger charge is -2.07. The zero-order chi connectivity index (χ0) is 18.8. The summed E-state index contributed by atoms with van der Waals surface area (Å²) in [5.74, 6) is 0.516. The normalized spacial score (nSPS) is 10.9. The summed E-state index contributed by atoms with van der Waals surface area (Å²) < 4.78 is 1.12. The molecule has 0 saturated carbocycles. The van der Waals surface area contributed by atoms with E-state index in [-0.39, 0.29) is 5.91 Å². The lowest BCUT2D eigenvalue weighted by atomic mass is 10.0. The van der Waals surface area contributed by atoms with E-state index in [9.17, 15) is 4.79 Å². The van der Waals surface area contributed by atoms with Crippen molar-refractivity contribution < 1.29 is 4.79 Å². The van der Waals surface area contributed by atoms with Gasteiger partial charge in [-0.25, -0.2) is 4.98 Å². The molecule has 0 unspecified atom stereocenters. The van der Waals surface area contributed by atoms with E-state index >= 15 is 0 Å². The average Bonchev–Trinajstić information content (AvgIpc) is 3.08. The molecule has 2 aromatic carbocycles. The van der Waals surface area contributed by atoms with Crippen LogP contribution in [0.15, 0.2) is 66.2 Å². The van der Waals surface area contributed by atoms with Gasteiger partial charge >= 0.3 is 0 Å². The van der Waals surface area contributed by atoms with E-state index in [1.54, 1.807) is 17.5 Å². The highest BCUT2D eigenvalue weighted by molar-refractivity contribution is 7.17. The van der Waals surface area contributed by atoms with E-state index < -0.39 is 0 Å². The van der Waals surface area contributed by atoms with Crippen LogP contribution in [0, 0.1) is 6.92 Å². The van der Waals surface area contributed by atoms with Gasteiger partial charge in [-0.1, -0.05) is 42.0 Å². The lowest BCUT2D eigenvalue weighted by molar-refractivity contribution is -0.115. The Labute approximate surface area is 161 Å². The molecule has 5 heteroatoms. The van der Waals surface area contributed by atoms with Crippen molar-refractivity contribution in [2.45, 2.75) is 13.3 Å². The van der Waals surface area contributed by atoms with Crippen LogP contribution in [0.4, 0.5) is 11.5 Å². The third-order valence-electron chi connectivity index (χ3n) is 4.44. The zero-order valence-electron chi connectivity index (χ0n) is 14.9. The maximum Gasteiger partial charge on any atom is 0.228 e. The maximum atomic E-state index is 12.3. The van der Waals surface area contributed by atoms with Crippen LogP contribution in [0.25, 0.3) is 21.2 Å². The molecule has 4 rings (SSSR count). The fraction of sp³-hybridized carbons (Fsp3) is 0.0909. The highest BCUT2D eigenvalue weighted by Gasteiger charge is 2.10. The zero-order valence-corrected chi connectivity index (χ0v) is 15.7. The summed E-state index contributed by atoms with van der Waals surface area (Å²) in [5.41, 5.74) is 11.1. The van der Waals surface area contributed by atoms with Crippen LogP contribution in [0.2, 0.25) is 0 Å². The summed E-state index contributed by atoms with van der Waals surface area (Å²) in [6, 6.07) is 17.8. The standard InChI is InChI=1S/C22H19N3OS/c1-14-3-2-4-15(11-14)12-20(26)25-17-7-5-16(6-8-17)18-13-27-19-9-10-24-22(23)21(18)19/h2-11,13H,12H2,1H3,(H2,23,24)(H,25,26). The number of aryl methyl sites for hydroxylation is 1. The first-order chi connectivity index (χ1) is 13.1. The molecule has 0 bridgehead atoms. The van der Waals surface area contributed by atoms with Gasteiger partial charge in [0.15, 0.2) is 0 Å². The van der Waals surface area contributed by atoms with E-state index in [2.05, 4.69) is 15.7 Å². The number of carbonyl (C=O) groups is 1. The first-order valence-corrected chi connectivity index (χ1v) is 9.55. The molecule has 2 heterocycles. The second-order valence-electron chi connectivity index (χ2n) is 6.51. The van der Waals surface area contributed by atoms with Crippen LogP contribution < -0.4 is 11.1 Å². The molecule has 134 valence electrons. The third kappa shape index (κ3) is 3.68. The van der Waals surface area contributed by atoms with Crippen LogP contribution in [-0.2, 0) is 11.2 Å². The number of thiophene rings is 1. The highest BCUT2D eigenvalue weighted by Crippen LogP contribution is 2.36. The van der Waals surface area contributed by atoms with E-state index in [1.807, 2.05) is 61.5 Å². The topological polar surface area (TPSA) is 68.0 Å². The Kier molecular flexibility index (Phi) is 4.60. The van der Waals surface area contributed by atoms with Crippen molar-refractivity contribution in [2.75, 3.05) is 11.1 Å². The Morgan fingerprint density at radius 1 is 1.15 bits per heavy atom. The number of benzene rings is 2. The van der Waals surface area contributed by atoms with Crippen molar-refractivity contribution in [3.8, 4) is 11.1 Å².